The summed E-state index contributed by atoms with van der Waals surface area (Å²) in [6.07, 6.45) is -1.42. The van der Waals surface area contributed by atoms with Gasteiger partial charge in [-0.15, -0.1) is 0 Å². The number of anilines is 1. The summed E-state index contributed by atoms with van der Waals surface area (Å²) < 4.78 is 5.67. The van der Waals surface area contributed by atoms with Crippen molar-refractivity contribution in [1.82, 2.24) is 9.97 Å². The van der Waals surface area contributed by atoms with Gasteiger partial charge in [-0.25, -0.2) is 4.98 Å². The second-order valence-corrected chi connectivity index (χ2v) is 6.94. The number of carbonyl (C=O) groups is 1. The van der Waals surface area contributed by atoms with Gasteiger partial charge in [-0.1, -0.05) is 19.9 Å². The number of nitrogens with one attached hydrogen (secondary N) is 2. The SMILES string of the molecule is Cc1cc([C@H]2C[C@H](O)[C@@H](CO)O2)cc2c(=O)[nH]c(NC(=O)C(C)C)nc12. The number of hydrogen-bond acceptors (Lipinski definition) is 6. The van der Waals surface area contributed by atoms with Gasteiger partial charge >= 0.3 is 0 Å². The van der Waals surface area contributed by atoms with Crippen molar-refractivity contribution in [1.29, 1.82) is 0 Å². The molecule has 1 aliphatic rings. The molecule has 2 aromatic rings. The maximum Gasteiger partial charge on any atom is 0.260 e. The van der Waals surface area contributed by atoms with Crippen molar-refractivity contribution in [3.8, 4) is 0 Å². The van der Waals surface area contributed by atoms with Crippen LogP contribution in [-0.4, -0.2) is 44.9 Å². The summed E-state index contributed by atoms with van der Waals surface area (Å²) in [4.78, 5) is 31.2. The topological polar surface area (TPSA) is 125 Å². The predicted molar refractivity (Wildman–Crippen MR) is 95.9 cm³/mol. The lowest BCUT2D eigenvalue weighted by Gasteiger charge is -2.14. The molecule has 1 fully saturated rings. The van der Waals surface area contributed by atoms with E-state index in [0.29, 0.717) is 17.3 Å². The Bertz CT molecular complexity index is 892. The molecule has 1 aromatic heterocycles. The Labute approximate surface area is 150 Å². The van der Waals surface area contributed by atoms with Crippen LogP contribution in [-0.2, 0) is 9.53 Å². The van der Waals surface area contributed by atoms with Crippen molar-refractivity contribution in [2.45, 2.75) is 45.5 Å². The van der Waals surface area contributed by atoms with Gasteiger partial charge in [0.2, 0.25) is 11.9 Å². The fourth-order valence-electron chi connectivity index (χ4n) is 3.06. The number of aromatic nitrogens is 2. The van der Waals surface area contributed by atoms with Crippen molar-refractivity contribution >= 4 is 22.8 Å². The van der Waals surface area contributed by atoms with E-state index in [4.69, 9.17) is 4.74 Å². The van der Waals surface area contributed by atoms with E-state index in [9.17, 15) is 19.8 Å². The Morgan fingerprint density at radius 2 is 2.19 bits per heavy atom. The standard InChI is InChI=1S/C18H23N3O5/c1-8(2)16(24)20-18-19-15-9(3)4-10(5-11(15)17(25)21-18)13-6-12(23)14(7-22)26-13/h4-5,8,12-14,22-23H,6-7H2,1-3H3,(H2,19,20,21,24,25)/t12-,13+,14+/m0/s1. The average Bonchev–Trinajstić information content (AvgIpc) is 2.96. The van der Waals surface area contributed by atoms with E-state index in [0.717, 1.165) is 11.1 Å². The Morgan fingerprint density at radius 3 is 2.81 bits per heavy atom. The molecule has 0 spiro atoms. The molecule has 0 radical (unpaired) electrons. The molecule has 8 heteroatoms. The summed E-state index contributed by atoms with van der Waals surface area (Å²) in [6, 6.07) is 3.53. The fraction of sp³-hybridized carbons (Fsp3) is 0.500. The molecule has 0 saturated carbocycles. The van der Waals surface area contributed by atoms with Gasteiger partial charge in [0, 0.05) is 12.3 Å². The zero-order chi connectivity index (χ0) is 19.0. The normalized spacial score (nSPS) is 22.9. The molecule has 0 unspecified atom stereocenters. The summed E-state index contributed by atoms with van der Waals surface area (Å²) in [5, 5.41) is 22.1. The van der Waals surface area contributed by atoms with Crippen LogP contribution in [0.15, 0.2) is 16.9 Å². The lowest BCUT2D eigenvalue weighted by atomic mass is 10.00. The number of aliphatic hydroxyl groups is 2. The van der Waals surface area contributed by atoms with Gasteiger partial charge in [0.25, 0.3) is 5.56 Å². The highest BCUT2D eigenvalue weighted by atomic mass is 16.5. The maximum atomic E-state index is 12.5. The third-order valence-corrected chi connectivity index (χ3v) is 4.56. The molecule has 0 bridgehead atoms. The molecule has 2 heterocycles. The van der Waals surface area contributed by atoms with Gasteiger partial charge in [0.15, 0.2) is 0 Å². The zero-order valence-electron chi connectivity index (χ0n) is 14.9. The third kappa shape index (κ3) is 3.48. The number of benzene rings is 1. The van der Waals surface area contributed by atoms with Gasteiger partial charge in [-0.05, 0) is 24.1 Å². The molecule has 8 nitrogen and oxygen atoms in total. The van der Waals surface area contributed by atoms with Crippen LogP contribution in [0.4, 0.5) is 5.95 Å². The number of H-pyrrole nitrogens is 1. The lowest BCUT2D eigenvalue weighted by Crippen LogP contribution is -2.24. The molecule has 26 heavy (non-hydrogen) atoms. The van der Waals surface area contributed by atoms with E-state index < -0.39 is 18.3 Å². The molecular weight excluding hydrogens is 338 g/mol. The Balaban J connectivity index is 1.98. The molecule has 1 saturated heterocycles. The van der Waals surface area contributed by atoms with Crippen LogP contribution in [0.3, 0.4) is 0 Å². The minimum atomic E-state index is -0.744. The highest BCUT2D eigenvalue weighted by Gasteiger charge is 2.34. The van der Waals surface area contributed by atoms with Crippen molar-refractivity contribution in [2.24, 2.45) is 5.92 Å². The monoisotopic (exact) mass is 361 g/mol. The molecule has 1 aromatic carbocycles. The van der Waals surface area contributed by atoms with Crippen molar-refractivity contribution in [2.75, 3.05) is 11.9 Å². The van der Waals surface area contributed by atoms with E-state index in [-0.39, 0.29) is 29.9 Å². The number of aromatic amines is 1. The number of carbonyl (C=O) groups excluding carboxylic acids is 1. The van der Waals surface area contributed by atoms with Crippen molar-refractivity contribution in [3.05, 3.63) is 33.6 Å². The first-order valence-corrected chi connectivity index (χ1v) is 8.60. The zero-order valence-corrected chi connectivity index (χ0v) is 14.9. The number of amides is 1. The molecule has 1 aliphatic heterocycles. The van der Waals surface area contributed by atoms with Crippen LogP contribution >= 0.6 is 0 Å². The first-order chi connectivity index (χ1) is 12.3. The van der Waals surface area contributed by atoms with E-state index in [1.54, 1.807) is 19.9 Å². The van der Waals surface area contributed by atoms with E-state index >= 15 is 0 Å². The van der Waals surface area contributed by atoms with Gasteiger partial charge in [-0.3, -0.25) is 19.9 Å². The maximum absolute atomic E-state index is 12.5. The van der Waals surface area contributed by atoms with Crippen LogP contribution in [0, 0.1) is 12.8 Å². The van der Waals surface area contributed by atoms with Gasteiger partial charge < -0.3 is 14.9 Å². The first-order valence-electron chi connectivity index (χ1n) is 8.60. The van der Waals surface area contributed by atoms with Crippen LogP contribution in [0.2, 0.25) is 0 Å². The van der Waals surface area contributed by atoms with Gasteiger partial charge in [-0.2, -0.15) is 0 Å². The summed E-state index contributed by atoms with van der Waals surface area (Å²) in [5.41, 5.74) is 1.63. The number of aliphatic hydroxyl groups excluding tert-OH is 2. The minimum Gasteiger partial charge on any atom is -0.394 e. The highest BCUT2D eigenvalue weighted by Crippen LogP contribution is 2.34. The van der Waals surface area contributed by atoms with Crippen molar-refractivity contribution < 1.29 is 19.7 Å². The largest absolute Gasteiger partial charge is 0.394 e. The first kappa shape index (κ1) is 18.5. The van der Waals surface area contributed by atoms with E-state index in [1.165, 1.54) is 0 Å². The van der Waals surface area contributed by atoms with Crippen LogP contribution < -0.4 is 10.9 Å². The Hall–Kier alpha value is -2.29. The quantitative estimate of drug-likeness (QED) is 0.644. The highest BCUT2D eigenvalue weighted by molar-refractivity contribution is 5.91. The molecule has 3 rings (SSSR count). The summed E-state index contributed by atoms with van der Waals surface area (Å²) in [7, 11) is 0. The molecule has 4 N–H and O–H groups in total. The smallest absolute Gasteiger partial charge is 0.260 e. The second kappa shape index (κ2) is 7.14. The molecule has 0 aliphatic carbocycles. The van der Waals surface area contributed by atoms with Gasteiger partial charge in [0.1, 0.15) is 6.10 Å². The van der Waals surface area contributed by atoms with E-state index in [1.807, 2.05) is 13.0 Å². The van der Waals surface area contributed by atoms with E-state index in [2.05, 4.69) is 15.3 Å². The summed E-state index contributed by atoms with van der Waals surface area (Å²) in [6.45, 7) is 5.07. The van der Waals surface area contributed by atoms with Crippen LogP contribution in [0.25, 0.3) is 10.9 Å². The number of aryl methyl sites for hydroxylation is 1. The van der Waals surface area contributed by atoms with Crippen LogP contribution in [0.5, 0.6) is 0 Å². The number of nitrogens with zero attached hydrogens (tertiary/aromatic N) is 1. The third-order valence-electron chi connectivity index (χ3n) is 4.56. The number of fused-ring (bicyclic) bond motifs is 1. The average molecular weight is 361 g/mol. The number of ether oxygens (including phenoxy) is 1. The van der Waals surface area contributed by atoms with Gasteiger partial charge in [0.05, 0.1) is 29.7 Å². The van der Waals surface area contributed by atoms with Crippen LogP contribution in [0.1, 0.15) is 37.5 Å². The molecule has 3 atom stereocenters. The minimum absolute atomic E-state index is 0.116. The van der Waals surface area contributed by atoms with Crippen molar-refractivity contribution in [3.63, 3.8) is 0 Å². The molecule has 1 amide bonds. The Morgan fingerprint density at radius 1 is 1.46 bits per heavy atom. The Kier molecular flexibility index (Phi) is 5.08. The summed E-state index contributed by atoms with van der Waals surface area (Å²) in [5.74, 6) is -0.347. The summed E-state index contributed by atoms with van der Waals surface area (Å²) >= 11 is 0. The fourth-order valence-corrected chi connectivity index (χ4v) is 3.06. The second-order valence-electron chi connectivity index (χ2n) is 6.94. The molecular formula is C18H23N3O5. The predicted octanol–water partition coefficient (Wildman–Crippen LogP) is 1.01. The number of rotatable bonds is 4. The molecule has 140 valence electrons. The number of hydrogen-bond donors (Lipinski definition) is 4. The lowest BCUT2D eigenvalue weighted by molar-refractivity contribution is -0.118.